The number of anilines is 2. The number of hydrogen-bond donors (Lipinski definition) is 2. The van der Waals surface area contributed by atoms with Crippen molar-refractivity contribution in [2.24, 2.45) is 7.05 Å². The number of carbonyl (C=O) groups excluding carboxylic acids is 1. The molecule has 0 saturated heterocycles. The van der Waals surface area contributed by atoms with Crippen molar-refractivity contribution in [3.63, 3.8) is 0 Å². The van der Waals surface area contributed by atoms with Gasteiger partial charge < -0.3 is 5.32 Å². The Kier molecular flexibility index (Phi) is 5.96. The van der Waals surface area contributed by atoms with Crippen LogP contribution in [0.25, 0.3) is 11.0 Å². The molecule has 0 atom stereocenters. The third kappa shape index (κ3) is 4.48. The fraction of sp³-hybridized carbons (Fsp3) is 0.0909. The summed E-state index contributed by atoms with van der Waals surface area (Å²) in [6, 6.07) is 16.1. The first-order valence-electron chi connectivity index (χ1n) is 9.68. The maximum absolute atomic E-state index is 14.0. The molecular formula is C22H18ClFN4O4S. The van der Waals surface area contributed by atoms with Crippen molar-refractivity contribution in [1.29, 1.82) is 0 Å². The van der Waals surface area contributed by atoms with Crippen molar-refractivity contribution in [3.8, 4) is 0 Å². The van der Waals surface area contributed by atoms with E-state index in [1.807, 2.05) is 0 Å². The number of fused-ring (bicyclic) bond motifs is 1. The van der Waals surface area contributed by atoms with Gasteiger partial charge in [0.25, 0.3) is 10.0 Å². The first-order valence-corrected chi connectivity index (χ1v) is 11.5. The van der Waals surface area contributed by atoms with Crippen LogP contribution in [0.5, 0.6) is 0 Å². The van der Waals surface area contributed by atoms with Crippen LogP contribution >= 0.6 is 11.6 Å². The monoisotopic (exact) mass is 488 g/mol. The molecule has 1 amide bonds. The van der Waals surface area contributed by atoms with Crippen molar-refractivity contribution in [1.82, 2.24) is 9.13 Å². The summed E-state index contributed by atoms with van der Waals surface area (Å²) in [5.41, 5.74) is 0.906. The van der Waals surface area contributed by atoms with E-state index in [0.29, 0.717) is 11.0 Å². The van der Waals surface area contributed by atoms with Gasteiger partial charge in [0, 0.05) is 12.1 Å². The lowest BCUT2D eigenvalue weighted by atomic mass is 10.2. The number of sulfonamides is 1. The zero-order chi connectivity index (χ0) is 23.8. The highest BCUT2D eigenvalue weighted by Crippen LogP contribution is 2.29. The lowest BCUT2D eigenvalue weighted by Crippen LogP contribution is -2.28. The SMILES string of the molecule is Cn1c(=O)n(CC(=O)Nc2cc(Cl)ccc2NS(=O)(=O)c2ccccc2F)c2ccccc21. The highest BCUT2D eigenvalue weighted by molar-refractivity contribution is 7.92. The zero-order valence-electron chi connectivity index (χ0n) is 17.2. The summed E-state index contributed by atoms with van der Waals surface area (Å²) < 4.78 is 44.4. The Morgan fingerprint density at radius 2 is 1.67 bits per heavy atom. The van der Waals surface area contributed by atoms with E-state index in [4.69, 9.17) is 11.6 Å². The van der Waals surface area contributed by atoms with E-state index >= 15 is 0 Å². The van der Waals surface area contributed by atoms with Gasteiger partial charge in [0.05, 0.1) is 22.4 Å². The fourth-order valence-corrected chi connectivity index (χ4v) is 4.75. The molecule has 0 bridgehead atoms. The molecule has 0 radical (unpaired) electrons. The minimum absolute atomic E-state index is 0.0127. The van der Waals surface area contributed by atoms with Crippen LogP contribution < -0.4 is 15.7 Å². The number of amides is 1. The molecule has 0 aliphatic rings. The van der Waals surface area contributed by atoms with Crippen molar-refractivity contribution < 1.29 is 17.6 Å². The predicted octanol–water partition coefficient (Wildman–Crippen LogP) is 3.57. The summed E-state index contributed by atoms with van der Waals surface area (Å²) in [4.78, 5) is 24.8. The number of nitrogens with zero attached hydrogens (tertiary/aromatic N) is 2. The van der Waals surface area contributed by atoms with Crippen LogP contribution in [0.15, 0.2) is 76.4 Å². The molecule has 11 heteroatoms. The molecule has 2 N–H and O–H groups in total. The summed E-state index contributed by atoms with van der Waals surface area (Å²) in [5, 5.41) is 2.81. The third-order valence-electron chi connectivity index (χ3n) is 4.98. The molecule has 0 fully saturated rings. The Labute approximate surface area is 193 Å². The molecule has 0 spiro atoms. The van der Waals surface area contributed by atoms with Crippen molar-refractivity contribution in [2.75, 3.05) is 10.0 Å². The third-order valence-corrected chi connectivity index (χ3v) is 6.61. The summed E-state index contributed by atoms with van der Waals surface area (Å²) in [7, 11) is -2.68. The normalized spacial score (nSPS) is 11.5. The van der Waals surface area contributed by atoms with Gasteiger partial charge in [-0.15, -0.1) is 0 Å². The number of hydrogen-bond acceptors (Lipinski definition) is 4. The first-order chi connectivity index (χ1) is 15.7. The largest absolute Gasteiger partial charge is 0.329 e. The van der Waals surface area contributed by atoms with Gasteiger partial charge in [-0.05, 0) is 42.5 Å². The van der Waals surface area contributed by atoms with Crippen LogP contribution in [0.2, 0.25) is 5.02 Å². The number of imidazole rings is 1. The van der Waals surface area contributed by atoms with Crippen molar-refractivity contribution >= 4 is 49.9 Å². The highest BCUT2D eigenvalue weighted by Gasteiger charge is 2.21. The Balaban J connectivity index is 1.63. The smallest absolute Gasteiger partial charge is 0.323 e. The Morgan fingerprint density at radius 3 is 2.39 bits per heavy atom. The highest BCUT2D eigenvalue weighted by atomic mass is 35.5. The molecule has 0 unspecified atom stereocenters. The molecule has 0 aliphatic heterocycles. The van der Waals surface area contributed by atoms with Gasteiger partial charge in [-0.2, -0.15) is 0 Å². The number of halogens is 2. The van der Waals surface area contributed by atoms with Crippen LogP contribution in [0.3, 0.4) is 0 Å². The number of para-hydroxylation sites is 2. The summed E-state index contributed by atoms with van der Waals surface area (Å²) >= 11 is 6.03. The van der Waals surface area contributed by atoms with Crippen LogP contribution in [0, 0.1) is 5.82 Å². The van der Waals surface area contributed by atoms with Crippen molar-refractivity contribution in [2.45, 2.75) is 11.4 Å². The number of nitrogens with one attached hydrogen (secondary N) is 2. The summed E-state index contributed by atoms with van der Waals surface area (Å²) in [5.74, 6) is -1.50. The second-order valence-electron chi connectivity index (χ2n) is 7.19. The molecule has 0 aliphatic carbocycles. The first kappa shape index (κ1) is 22.6. The van der Waals surface area contributed by atoms with E-state index in [0.717, 1.165) is 12.1 Å². The number of rotatable bonds is 6. The minimum Gasteiger partial charge on any atom is -0.323 e. The Bertz CT molecular complexity index is 1550. The minimum atomic E-state index is -4.28. The van der Waals surface area contributed by atoms with Gasteiger partial charge in [-0.3, -0.25) is 18.7 Å². The lowest BCUT2D eigenvalue weighted by molar-refractivity contribution is -0.116. The van der Waals surface area contributed by atoms with Crippen LogP contribution in [0.1, 0.15) is 0 Å². The molecule has 1 heterocycles. The number of aromatic nitrogens is 2. The zero-order valence-corrected chi connectivity index (χ0v) is 18.8. The van der Waals surface area contributed by atoms with Gasteiger partial charge in [0.2, 0.25) is 5.91 Å². The van der Waals surface area contributed by atoms with E-state index in [-0.39, 0.29) is 28.6 Å². The number of carbonyl (C=O) groups is 1. The van der Waals surface area contributed by atoms with Crippen LogP contribution in [-0.2, 0) is 28.4 Å². The molecule has 170 valence electrons. The second kappa shape index (κ2) is 8.72. The van der Waals surface area contributed by atoms with E-state index in [2.05, 4.69) is 10.0 Å². The molecule has 4 rings (SSSR count). The summed E-state index contributed by atoms with van der Waals surface area (Å²) in [6.45, 7) is -0.313. The van der Waals surface area contributed by atoms with Gasteiger partial charge >= 0.3 is 5.69 Å². The maximum Gasteiger partial charge on any atom is 0.329 e. The quantitative estimate of drug-likeness (QED) is 0.433. The second-order valence-corrected chi connectivity index (χ2v) is 9.28. The maximum atomic E-state index is 14.0. The van der Waals surface area contributed by atoms with Gasteiger partial charge in [-0.25, -0.2) is 17.6 Å². The molecule has 33 heavy (non-hydrogen) atoms. The van der Waals surface area contributed by atoms with E-state index < -0.39 is 26.6 Å². The summed E-state index contributed by atoms with van der Waals surface area (Å²) in [6.07, 6.45) is 0. The van der Waals surface area contributed by atoms with Crippen molar-refractivity contribution in [3.05, 3.63) is 88.1 Å². The van der Waals surface area contributed by atoms with Crippen LogP contribution in [-0.4, -0.2) is 23.5 Å². The lowest BCUT2D eigenvalue weighted by Gasteiger charge is -2.14. The molecule has 4 aromatic rings. The van der Waals surface area contributed by atoms with Gasteiger partial charge in [0.15, 0.2) is 0 Å². The van der Waals surface area contributed by atoms with Gasteiger partial charge in [-0.1, -0.05) is 35.9 Å². The molecule has 8 nitrogen and oxygen atoms in total. The average molecular weight is 489 g/mol. The standard InChI is InChI=1S/C22H18ClFN4O4S/c1-27-18-7-3-4-8-19(18)28(22(27)30)13-21(29)25-17-12-14(23)10-11-16(17)26-33(31,32)20-9-5-2-6-15(20)24/h2-12,26H,13H2,1H3,(H,25,29). The fourth-order valence-electron chi connectivity index (χ4n) is 3.42. The Hall–Kier alpha value is -3.63. The predicted molar refractivity (Wildman–Crippen MR) is 124 cm³/mol. The number of benzene rings is 3. The van der Waals surface area contributed by atoms with Gasteiger partial charge in [0.1, 0.15) is 17.3 Å². The van der Waals surface area contributed by atoms with E-state index in [9.17, 15) is 22.4 Å². The Morgan fingerprint density at radius 1 is 1.00 bits per heavy atom. The molecule has 3 aromatic carbocycles. The number of aryl methyl sites for hydroxylation is 1. The van der Waals surface area contributed by atoms with E-state index in [1.165, 1.54) is 39.5 Å². The topological polar surface area (TPSA) is 102 Å². The van der Waals surface area contributed by atoms with Crippen LogP contribution in [0.4, 0.5) is 15.8 Å². The molecule has 0 saturated carbocycles. The van der Waals surface area contributed by atoms with E-state index in [1.54, 1.807) is 31.3 Å². The molecule has 1 aromatic heterocycles. The average Bonchev–Trinajstić information content (AvgIpc) is 3.01. The molecular weight excluding hydrogens is 471 g/mol.